The number of carbonyl (C=O) groups is 4. The molecule has 1 aliphatic rings. The van der Waals surface area contributed by atoms with Crippen LogP contribution >= 0.6 is 0 Å². The minimum Gasteiger partial charge on any atom is -0.496 e. The van der Waals surface area contributed by atoms with E-state index in [4.69, 9.17) is 9.47 Å². The summed E-state index contributed by atoms with van der Waals surface area (Å²) in [6, 6.07) is 6.03. The lowest BCUT2D eigenvalue weighted by Crippen LogP contribution is -2.47. The highest BCUT2D eigenvalue weighted by Crippen LogP contribution is 2.41. The number of esters is 1. The van der Waals surface area contributed by atoms with Gasteiger partial charge in [0, 0.05) is 25.6 Å². The summed E-state index contributed by atoms with van der Waals surface area (Å²) in [7, 11) is 2.91. The van der Waals surface area contributed by atoms with E-state index in [2.05, 4.69) is 5.32 Å². The summed E-state index contributed by atoms with van der Waals surface area (Å²) >= 11 is 0. The molecule has 1 aromatic rings. The number of benzene rings is 1. The monoisotopic (exact) mass is 419 g/mol. The number of methoxy groups -OCH3 is 1. The second kappa shape index (κ2) is 11.2. The fraction of sp³-hybridized carbons (Fsp3) is 0.524. The van der Waals surface area contributed by atoms with Crippen LogP contribution in [0.5, 0.6) is 5.75 Å². The van der Waals surface area contributed by atoms with Gasteiger partial charge in [-0.2, -0.15) is 0 Å². The first-order chi connectivity index (χ1) is 14.4. The SMILES string of the molecule is CCCCN1C(=O)CC[C@@H](C(=O)OCC(=O)NC(=O)NC)[C@@H]1c1ccccc1OC. The third-order valence-electron chi connectivity index (χ3n) is 5.04. The van der Waals surface area contributed by atoms with Crippen molar-refractivity contribution in [3.8, 4) is 5.75 Å². The van der Waals surface area contributed by atoms with Crippen LogP contribution in [-0.4, -0.2) is 56.0 Å². The number of urea groups is 1. The van der Waals surface area contributed by atoms with Crippen molar-refractivity contribution >= 4 is 23.8 Å². The van der Waals surface area contributed by atoms with Gasteiger partial charge in [-0.1, -0.05) is 31.5 Å². The minimum absolute atomic E-state index is 0.0271. The molecule has 0 aromatic heterocycles. The number of imide groups is 1. The number of ether oxygens (including phenoxy) is 2. The molecule has 0 saturated carbocycles. The Labute approximate surface area is 176 Å². The maximum absolute atomic E-state index is 12.9. The molecule has 30 heavy (non-hydrogen) atoms. The molecule has 164 valence electrons. The average Bonchev–Trinajstić information content (AvgIpc) is 2.76. The van der Waals surface area contributed by atoms with Gasteiger partial charge >= 0.3 is 12.0 Å². The van der Waals surface area contributed by atoms with E-state index in [9.17, 15) is 19.2 Å². The van der Waals surface area contributed by atoms with Crippen molar-refractivity contribution in [1.29, 1.82) is 0 Å². The molecule has 1 aromatic carbocycles. The molecule has 4 amide bonds. The zero-order valence-electron chi connectivity index (χ0n) is 17.6. The summed E-state index contributed by atoms with van der Waals surface area (Å²) < 4.78 is 10.7. The number of carbonyl (C=O) groups excluding carboxylic acids is 4. The highest BCUT2D eigenvalue weighted by Gasteiger charge is 2.42. The van der Waals surface area contributed by atoms with Crippen LogP contribution in [0.25, 0.3) is 0 Å². The summed E-state index contributed by atoms with van der Waals surface area (Å²) in [6.45, 7) is 1.96. The number of hydrogen-bond acceptors (Lipinski definition) is 6. The zero-order valence-corrected chi connectivity index (χ0v) is 17.6. The number of nitrogens with one attached hydrogen (secondary N) is 2. The Hall–Kier alpha value is -3.10. The number of rotatable bonds is 8. The highest BCUT2D eigenvalue weighted by molar-refractivity contribution is 5.95. The van der Waals surface area contributed by atoms with Crippen molar-refractivity contribution in [2.75, 3.05) is 27.3 Å². The van der Waals surface area contributed by atoms with Crippen molar-refractivity contribution in [3.63, 3.8) is 0 Å². The molecular formula is C21H29N3O6. The van der Waals surface area contributed by atoms with Crippen LogP contribution in [-0.2, 0) is 19.1 Å². The predicted molar refractivity (Wildman–Crippen MR) is 109 cm³/mol. The van der Waals surface area contributed by atoms with E-state index in [1.165, 1.54) is 14.2 Å². The zero-order chi connectivity index (χ0) is 22.1. The molecule has 9 nitrogen and oxygen atoms in total. The maximum Gasteiger partial charge on any atom is 0.321 e. The van der Waals surface area contributed by atoms with Crippen LogP contribution in [0.1, 0.15) is 44.2 Å². The lowest BCUT2D eigenvalue weighted by atomic mass is 9.83. The van der Waals surface area contributed by atoms with Crippen molar-refractivity contribution < 1.29 is 28.7 Å². The van der Waals surface area contributed by atoms with Crippen molar-refractivity contribution in [2.24, 2.45) is 5.92 Å². The summed E-state index contributed by atoms with van der Waals surface area (Å²) in [4.78, 5) is 50.3. The Morgan fingerprint density at radius 3 is 2.63 bits per heavy atom. The third-order valence-corrected chi connectivity index (χ3v) is 5.04. The number of hydrogen-bond donors (Lipinski definition) is 2. The van der Waals surface area contributed by atoms with Crippen LogP contribution in [0.15, 0.2) is 24.3 Å². The van der Waals surface area contributed by atoms with Gasteiger partial charge in [-0.05, 0) is 18.9 Å². The Morgan fingerprint density at radius 2 is 1.97 bits per heavy atom. The van der Waals surface area contributed by atoms with Gasteiger partial charge in [-0.25, -0.2) is 4.79 Å². The van der Waals surface area contributed by atoms with Gasteiger partial charge in [0.25, 0.3) is 5.91 Å². The summed E-state index contributed by atoms with van der Waals surface area (Å²) in [5.74, 6) is -1.42. The largest absolute Gasteiger partial charge is 0.496 e. The molecule has 1 fully saturated rings. The molecule has 9 heteroatoms. The predicted octanol–water partition coefficient (Wildman–Crippen LogP) is 1.77. The van der Waals surface area contributed by atoms with Crippen LogP contribution in [0.2, 0.25) is 0 Å². The third kappa shape index (κ3) is 5.71. The standard InChI is InChI=1S/C21H29N3O6/c1-4-5-12-24-18(26)11-10-15(19(24)14-8-6-7-9-16(14)29-3)20(27)30-13-17(25)23-21(28)22-2/h6-9,15,19H,4-5,10-13H2,1-3H3,(H2,22,23,25,28)/t15-,19+/m1/s1. The maximum atomic E-state index is 12.9. The van der Waals surface area contributed by atoms with E-state index in [1.54, 1.807) is 11.0 Å². The lowest BCUT2D eigenvalue weighted by Gasteiger charge is -2.40. The summed E-state index contributed by atoms with van der Waals surface area (Å²) in [6.07, 6.45) is 2.23. The van der Waals surface area contributed by atoms with Crippen molar-refractivity contribution in [3.05, 3.63) is 29.8 Å². The molecule has 2 rings (SSSR count). The van der Waals surface area contributed by atoms with Gasteiger partial charge in [0.2, 0.25) is 5.91 Å². The van der Waals surface area contributed by atoms with Gasteiger partial charge < -0.3 is 19.7 Å². The Bertz CT molecular complexity index is 782. The fourth-order valence-corrected chi connectivity index (χ4v) is 3.56. The number of para-hydroxylation sites is 1. The van der Waals surface area contributed by atoms with Gasteiger partial charge in [-0.15, -0.1) is 0 Å². The van der Waals surface area contributed by atoms with E-state index >= 15 is 0 Å². The van der Waals surface area contributed by atoms with Crippen LogP contribution in [0, 0.1) is 5.92 Å². The van der Waals surface area contributed by atoms with Gasteiger partial charge in [-0.3, -0.25) is 19.7 Å². The minimum atomic E-state index is -0.730. The van der Waals surface area contributed by atoms with E-state index in [0.29, 0.717) is 18.7 Å². The van der Waals surface area contributed by atoms with E-state index in [0.717, 1.165) is 18.4 Å². The second-order valence-electron chi connectivity index (χ2n) is 7.01. The number of unbranched alkanes of at least 4 members (excludes halogenated alkanes) is 1. The normalized spacial score (nSPS) is 18.5. The quantitative estimate of drug-likeness (QED) is 0.621. The fourth-order valence-electron chi connectivity index (χ4n) is 3.56. The van der Waals surface area contributed by atoms with E-state index < -0.39 is 36.5 Å². The molecule has 0 aliphatic carbocycles. The number of likely N-dealkylation sites (tertiary alicyclic amines) is 1. The first-order valence-corrected chi connectivity index (χ1v) is 10.0. The molecule has 1 heterocycles. The summed E-state index contributed by atoms with van der Waals surface area (Å²) in [5.41, 5.74) is 0.723. The molecule has 1 aliphatic heterocycles. The Kier molecular flexibility index (Phi) is 8.64. The van der Waals surface area contributed by atoms with E-state index in [1.807, 2.05) is 30.4 Å². The molecule has 0 unspecified atom stereocenters. The smallest absolute Gasteiger partial charge is 0.321 e. The molecular weight excluding hydrogens is 390 g/mol. The first-order valence-electron chi connectivity index (χ1n) is 10.0. The molecule has 0 bridgehead atoms. The van der Waals surface area contributed by atoms with Crippen LogP contribution in [0.4, 0.5) is 4.79 Å². The molecule has 2 N–H and O–H groups in total. The highest BCUT2D eigenvalue weighted by atomic mass is 16.5. The molecule has 2 atom stereocenters. The first kappa shape index (κ1) is 23.2. The molecule has 1 saturated heterocycles. The van der Waals surface area contributed by atoms with E-state index in [-0.39, 0.29) is 12.3 Å². The van der Waals surface area contributed by atoms with Crippen LogP contribution < -0.4 is 15.4 Å². The van der Waals surface area contributed by atoms with Crippen molar-refractivity contribution in [1.82, 2.24) is 15.5 Å². The molecule has 0 spiro atoms. The lowest BCUT2D eigenvalue weighted by molar-refractivity contribution is -0.159. The number of piperidine rings is 1. The number of amides is 4. The molecule has 0 radical (unpaired) electrons. The topological polar surface area (TPSA) is 114 Å². The second-order valence-corrected chi connectivity index (χ2v) is 7.01. The Balaban J connectivity index is 2.26. The Morgan fingerprint density at radius 1 is 1.23 bits per heavy atom. The number of nitrogens with zero attached hydrogens (tertiary/aromatic N) is 1. The average molecular weight is 419 g/mol. The summed E-state index contributed by atoms with van der Waals surface area (Å²) in [5, 5.41) is 4.29. The van der Waals surface area contributed by atoms with Crippen LogP contribution in [0.3, 0.4) is 0 Å². The van der Waals surface area contributed by atoms with Gasteiger partial charge in [0.15, 0.2) is 6.61 Å². The van der Waals surface area contributed by atoms with Gasteiger partial charge in [0.1, 0.15) is 5.75 Å². The van der Waals surface area contributed by atoms with Gasteiger partial charge in [0.05, 0.1) is 19.1 Å². The van der Waals surface area contributed by atoms with Crippen molar-refractivity contribution in [2.45, 2.75) is 38.6 Å².